The molecular formula is C9H12O3. The molecule has 0 amide bonds. The summed E-state index contributed by atoms with van der Waals surface area (Å²) in [5, 5.41) is 0. The molecule has 0 aliphatic carbocycles. The van der Waals surface area contributed by atoms with Gasteiger partial charge >= 0.3 is 5.97 Å². The van der Waals surface area contributed by atoms with Crippen molar-refractivity contribution < 1.29 is 14.3 Å². The maximum absolute atomic E-state index is 10.8. The molecule has 0 unspecified atom stereocenters. The summed E-state index contributed by atoms with van der Waals surface area (Å²) in [5.41, 5.74) is 0.382. The molecule has 0 heterocycles. The van der Waals surface area contributed by atoms with Crippen LogP contribution in [0, 0.1) is 0 Å². The van der Waals surface area contributed by atoms with Crippen LogP contribution in [-0.4, -0.2) is 12.6 Å². The molecule has 0 aromatic heterocycles. The van der Waals surface area contributed by atoms with Gasteiger partial charge in [-0.25, -0.2) is 4.79 Å². The second-order valence-corrected chi connectivity index (χ2v) is 2.05. The van der Waals surface area contributed by atoms with E-state index in [2.05, 4.69) is 17.9 Å². The van der Waals surface area contributed by atoms with Crippen LogP contribution in [0.15, 0.2) is 37.3 Å². The van der Waals surface area contributed by atoms with Crippen LogP contribution in [0.5, 0.6) is 0 Å². The fourth-order valence-electron chi connectivity index (χ4n) is 0.397. The molecule has 0 atom stereocenters. The molecule has 12 heavy (non-hydrogen) atoms. The van der Waals surface area contributed by atoms with Crippen LogP contribution in [0.1, 0.15) is 6.92 Å². The van der Waals surface area contributed by atoms with Crippen molar-refractivity contribution in [3.63, 3.8) is 0 Å². The van der Waals surface area contributed by atoms with Gasteiger partial charge in [0.1, 0.15) is 6.61 Å². The van der Waals surface area contributed by atoms with Crippen LogP contribution < -0.4 is 0 Å². The van der Waals surface area contributed by atoms with E-state index in [4.69, 9.17) is 4.74 Å². The number of ether oxygens (including phenoxy) is 2. The number of carbonyl (C=O) groups is 1. The summed E-state index contributed by atoms with van der Waals surface area (Å²) < 4.78 is 9.36. The highest BCUT2D eigenvalue weighted by molar-refractivity contribution is 5.86. The lowest BCUT2D eigenvalue weighted by atomic mass is 10.4. The summed E-state index contributed by atoms with van der Waals surface area (Å²) in [6, 6.07) is 0. The molecule has 3 heteroatoms. The van der Waals surface area contributed by atoms with Crippen LogP contribution >= 0.6 is 0 Å². The average molecular weight is 168 g/mol. The van der Waals surface area contributed by atoms with Crippen LogP contribution in [0.4, 0.5) is 0 Å². The topological polar surface area (TPSA) is 35.5 Å². The third-order valence-electron chi connectivity index (χ3n) is 0.930. The molecule has 0 aliphatic rings. The quantitative estimate of drug-likeness (QED) is 0.356. The molecule has 0 rings (SSSR count). The lowest BCUT2D eigenvalue weighted by Gasteiger charge is -1.98. The smallest absolute Gasteiger partial charge is 0.333 e. The predicted molar refractivity (Wildman–Crippen MR) is 46.2 cm³/mol. The highest BCUT2D eigenvalue weighted by atomic mass is 16.5. The minimum absolute atomic E-state index is 0.180. The maximum atomic E-state index is 10.8. The fourth-order valence-corrected chi connectivity index (χ4v) is 0.397. The van der Waals surface area contributed by atoms with Crippen molar-refractivity contribution in [2.75, 3.05) is 6.61 Å². The van der Waals surface area contributed by atoms with E-state index in [-0.39, 0.29) is 6.61 Å². The molecule has 0 aromatic carbocycles. The lowest BCUT2D eigenvalue weighted by molar-refractivity contribution is -0.137. The van der Waals surface area contributed by atoms with Gasteiger partial charge in [0.05, 0.1) is 12.5 Å². The Morgan fingerprint density at radius 1 is 1.58 bits per heavy atom. The van der Waals surface area contributed by atoms with Gasteiger partial charge in [-0.3, -0.25) is 0 Å². The van der Waals surface area contributed by atoms with Crippen molar-refractivity contribution >= 4 is 5.97 Å². The molecule has 0 bridgehead atoms. The van der Waals surface area contributed by atoms with Crippen LogP contribution in [-0.2, 0) is 14.3 Å². The van der Waals surface area contributed by atoms with E-state index in [1.54, 1.807) is 13.0 Å². The normalized spacial score (nSPS) is 9.42. The Labute approximate surface area is 72.0 Å². The van der Waals surface area contributed by atoms with E-state index >= 15 is 0 Å². The van der Waals surface area contributed by atoms with E-state index < -0.39 is 5.97 Å². The number of hydrogen-bond acceptors (Lipinski definition) is 3. The van der Waals surface area contributed by atoms with Gasteiger partial charge in [-0.15, -0.1) is 0 Å². The molecule has 0 fully saturated rings. The second kappa shape index (κ2) is 6.22. The Balaban J connectivity index is 3.49. The molecule has 0 saturated carbocycles. The minimum Gasteiger partial charge on any atom is -0.473 e. The summed E-state index contributed by atoms with van der Waals surface area (Å²) in [5.74, 6) is -0.404. The van der Waals surface area contributed by atoms with E-state index in [0.717, 1.165) is 0 Å². The first-order valence-corrected chi connectivity index (χ1v) is 3.42. The molecule has 0 aromatic rings. The first-order valence-electron chi connectivity index (χ1n) is 3.42. The largest absolute Gasteiger partial charge is 0.473 e. The van der Waals surface area contributed by atoms with Gasteiger partial charge < -0.3 is 9.47 Å². The molecule has 0 aliphatic heterocycles. The van der Waals surface area contributed by atoms with Gasteiger partial charge in [0.2, 0.25) is 0 Å². The molecule has 0 N–H and O–H groups in total. The Bertz CT molecular complexity index is 204. The highest BCUT2D eigenvalue weighted by Crippen LogP contribution is 1.91. The Morgan fingerprint density at radius 2 is 2.25 bits per heavy atom. The van der Waals surface area contributed by atoms with Crippen molar-refractivity contribution in [1.82, 2.24) is 0 Å². The summed E-state index contributed by atoms with van der Waals surface area (Å²) in [6.07, 6.45) is 4.22. The van der Waals surface area contributed by atoms with E-state index in [1.807, 2.05) is 0 Å². The van der Waals surface area contributed by atoms with Crippen molar-refractivity contribution in [3.8, 4) is 0 Å². The lowest BCUT2D eigenvalue weighted by Crippen LogP contribution is -2.04. The SMILES string of the molecule is C=COC=CCOC(=O)C(=C)C. The van der Waals surface area contributed by atoms with Crippen molar-refractivity contribution in [2.24, 2.45) is 0 Å². The summed E-state index contributed by atoms with van der Waals surface area (Å²) in [7, 11) is 0. The molecule has 3 nitrogen and oxygen atoms in total. The van der Waals surface area contributed by atoms with E-state index in [1.165, 1.54) is 12.5 Å². The average Bonchev–Trinajstić information content (AvgIpc) is 2.03. The Hall–Kier alpha value is -1.51. The van der Waals surface area contributed by atoms with Crippen LogP contribution in [0.2, 0.25) is 0 Å². The van der Waals surface area contributed by atoms with Crippen LogP contribution in [0.3, 0.4) is 0 Å². The standard InChI is InChI=1S/C9H12O3/c1-4-11-6-5-7-12-9(10)8(2)3/h4-6H,1-2,7H2,3H3. The zero-order chi connectivity index (χ0) is 9.40. The molecule has 0 saturated heterocycles. The molecule has 0 spiro atoms. The molecular weight excluding hydrogens is 156 g/mol. The summed E-state index contributed by atoms with van der Waals surface area (Å²) in [6.45, 7) is 8.52. The number of carbonyl (C=O) groups excluding carboxylic acids is 1. The van der Waals surface area contributed by atoms with Crippen molar-refractivity contribution in [3.05, 3.63) is 37.3 Å². The van der Waals surface area contributed by atoms with Gasteiger partial charge in [-0.2, -0.15) is 0 Å². The minimum atomic E-state index is -0.404. The molecule has 0 radical (unpaired) electrons. The number of esters is 1. The third kappa shape index (κ3) is 5.29. The number of rotatable bonds is 5. The van der Waals surface area contributed by atoms with Gasteiger partial charge in [-0.05, 0) is 13.0 Å². The second-order valence-electron chi connectivity index (χ2n) is 2.05. The van der Waals surface area contributed by atoms with E-state index in [0.29, 0.717) is 5.57 Å². The van der Waals surface area contributed by atoms with Gasteiger partial charge in [0.15, 0.2) is 0 Å². The Morgan fingerprint density at radius 3 is 2.75 bits per heavy atom. The summed E-state index contributed by atoms with van der Waals surface area (Å²) in [4.78, 5) is 10.8. The summed E-state index contributed by atoms with van der Waals surface area (Å²) >= 11 is 0. The molecule has 66 valence electrons. The maximum Gasteiger partial charge on any atom is 0.333 e. The monoisotopic (exact) mass is 168 g/mol. The predicted octanol–water partition coefficient (Wildman–Crippen LogP) is 1.78. The van der Waals surface area contributed by atoms with Gasteiger partial charge in [0, 0.05) is 5.57 Å². The van der Waals surface area contributed by atoms with Crippen LogP contribution in [0.25, 0.3) is 0 Å². The Kier molecular flexibility index (Phi) is 5.43. The first kappa shape index (κ1) is 10.5. The fraction of sp³-hybridized carbons (Fsp3) is 0.222. The zero-order valence-electron chi connectivity index (χ0n) is 7.08. The van der Waals surface area contributed by atoms with Crippen molar-refractivity contribution in [1.29, 1.82) is 0 Å². The third-order valence-corrected chi connectivity index (χ3v) is 0.930. The van der Waals surface area contributed by atoms with Gasteiger partial charge in [0.25, 0.3) is 0 Å². The van der Waals surface area contributed by atoms with E-state index in [9.17, 15) is 4.79 Å². The first-order chi connectivity index (χ1) is 5.68. The highest BCUT2D eigenvalue weighted by Gasteiger charge is 1.99. The van der Waals surface area contributed by atoms with Crippen molar-refractivity contribution in [2.45, 2.75) is 6.92 Å². The number of hydrogen-bond donors (Lipinski definition) is 0. The van der Waals surface area contributed by atoms with Gasteiger partial charge in [-0.1, -0.05) is 13.2 Å². The zero-order valence-corrected chi connectivity index (χ0v) is 7.08.